The number of rotatable bonds is 3. The molecule has 0 N–H and O–H groups in total. The van der Waals surface area contributed by atoms with Crippen LogP contribution in [0.15, 0.2) is 24.3 Å². The largest absolute Gasteiger partial charge is 0.306 e. The third kappa shape index (κ3) is 2.78. The third-order valence-electron chi connectivity index (χ3n) is 3.86. The van der Waals surface area contributed by atoms with Gasteiger partial charge in [0.15, 0.2) is 5.78 Å². The van der Waals surface area contributed by atoms with E-state index in [-0.39, 0.29) is 17.5 Å². The van der Waals surface area contributed by atoms with E-state index in [0.29, 0.717) is 11.6 Å². The number of Topliss-reactive ketones (excluding diaryl/α,β-unsaturated/α-hetero) is 1. The molecule has 0 bridgehead atoms. The zero-order valence-corrected chi connectivity index (χ0v) is 11.0. The molecule has 0 heterocycles. The van der Waals surface area contributed by atoms with Gasteiger partial charge in [0.2, 0.25) is 0 Å². The van der Waals surface area contributed by atoms with E-state index in [4.69, 9.17) is 0 Å². The van der Waals surface area contributed by atoms with Crippen LogP contribution < -0.4 is 0 Å². The van der Waals surface area contributed by atoms with E-state index in [0.717, 1.165) is 19.3 Å². The van der Waals surface area contributed by atoms with Gasteiger partial charge < -0.3 is 4.90 Å². The molecule has 1 aliphatic rings. The van der Waals surface area contributed by atoms with Crippen molar-refractivity contribution in [3.63, 3.8) is 0 Å². The summed E-state index contributed by atoms with van der Waals surface area (Å²) in [5.74, 6) is -0.0769. The van der Waals surface area contributed by atoms with Crippen molar-refractivity contribution in [2.24, 2.45) is 5.92 Å². The first-order valence-electron chi connectivity index (χ1n) is 6.56. The lowest BCUT2D eigenvalue weighted by molar-refractivity contribution is 0.0764. The van der Waals surface area contributed by atoms with Gasteiger partial charge in [-0.1, -0.05) is 12.8 Å². The smallest absolute Gasteiger partial charge is 0.167 e. The molecule has 2 nitrogen and oxygen atoms in total. The molecular weight excluding hydrogens is 229 g/mol. The van der Waals surface area contributed by atoms with E-state index >= 15 is 0 Å². The number of benzene rings is 1. The van der Waals surface area contributed by atoms with E-state index < -0.39 is 0 Å². The van der Waals surface area contributed by atoms with Crippen LogP contribution in [0.25, 0.3) is 0 Å². The lowest BCUT2D eigenvalue weighted by Gasteiger charge is -2.35. The summed E-state index contributed by atoms with van der Waals surface area (Å²) >= 11 is 0. The molecule has 0 saturated heterocycles. The van der Waals surface area contributed by atoms with Crippen molar-refractivity contribution >= 4 is 5.78 Å². The van der Waals surface area contributed by atoms with Crippen molar-refractivity contribution in [2.75, 3.05) is 14.1 Å². The molecule has 18 heavy (non-hydrogen) atoms. The molecule has 2 atom stereocenters. The number of carbonyl (C=O) groups excluding carboxylic acids is 1. The number of halogens is 1. The summed E-state index contributed by atoms with van der Waals surface area (Å²) in [4.78, 5) is 14.6. The molecule has 98 valence electrons. The molecule has 3 heteroatoms. The Morgan fingerprint density at radius 3 is 2.39 bits per heavy atom. The number of nitrogens with zero attached hydrogens (tertiary/aromatic N) is 1. The van der Waals surface area contributed by atoms with Crippen LogP contribution in [0.1, 0.15) is 36.0 Å². The SMILES string of the molecule is CN(C)C1CCCCC1C(=O)c1ccc(F)cc1. The average molecular weight is 249 g/mol. The van der Waals surface area contributed by atoms with Crippen LogP contribution in [0.5, 0.6) is 0 Å². The van der Waals surface area contributed by atoms with Crippen LogP contribution in [0.4, 0.5) is 4.39 Å². The summed E-state index contributed by atoms with van der Waals surface area (Å²) in [6.45, 7) is 0. The number of hydrogen-bond donors (Lipinski definition) is 0. The Balaban J connectivity index is 2.18. The highest BCUT2D eigenvalue weighted by atomic mass is 19.1. The minimum Gasteiger partial charge on any atom is -0.306 e. The van der Waals surface area contributed by atoms with Gasteiger partial charge in [0, 0.05) is 17.5 Å². The minimum absolute atomic E-state index is 0.0548. The number of ketones is 1. The normalized spacial score (nSPS) is 24.2. The Morgan fingerprint density at radius 2 is 1.78 bits per heavy atom. The Morgan fingerprint density at radius 1 is 1.17 bits per heavy atom. The van der Waals surface area contributed by atoms with Crippen LogP contribution in [-0.2, 0) is 0 Å². The highest BCUT2D eigenvalue weighted by Crippen LogP contribution is 2.30. The van der Waals surface area contributed by atoms with Crippen LogP contribution in [0, 0.1) is 11.7 Å². The van der Waals surface area contributed by atoms with Gasteiger partial charge in [-0.2, -0.15) is 0 Å². The van der Waals surface area contributed by atoms with Gasteiger partial charge in [0.1, 0.15) is 5.82 Å². The second-order valence-corrected chi connectivity index (χ2v) is 5.29. The second-order valence-electron chi connectivity index (χ2n) is 5.29. The molecule has 1 aromatic carbocycles. The molecule has 0 spiro atoms. The molecule has 0 amide bonds. The van der Waals surface area contributed by atoms with Crippen LogP contribution in [0.3, 0.4) is 0 Å². The maximum Gasteiger partial charge on any atom is 0.167 e. The lowest BCUT2D eigenvalue weighted by atomic mass is 9.79. The van der Waals surface area contributed by atoms with E-state index in [1.807, 2.05) is 14.1 Å². The zero-order chi connectivity index (χ0) is 13.1. The van der Waals surface area contributed by atoms with Crippen molar-refractivity contribution in [3.05, 3.63) is 35.6 Å². The first-order chi connectivity index (χ1) is 8.59. The maximum absolute atomic E-state index is 12.9. The molecule has 1 aliphatic carbocycles. The summed E-state index contributed by atoms with van der Waals surface area (Å²) in [6, 6.07) is 6.23. The molecule has 2 unspecified atom stereocenters. The van der Waals surface area contributed by atoms with Gasteiger partial charge in [0.05, 0.1) is 0 Å². The van der Waals surface area contributed by atoms with Gasteiger partial charge in [-0.25, -0.2) is 4.39 Å². The first kappa shape index (κ1) is 13.2. The molecule has 0 aliphatic heterocycles. The van der Waals surface area contributed by atoms with Gasteiger partial charge in [-0.3, -0.25) is 4.79 Å². The molecule has 0 radical (unpaired) electrons. The fraction of sp³-hybridized carbons (Fsp3) is 0.533. The monoisotopic (exact) mass is 249 g/mol. The molecule has 1 saturated carbocycles. The Kier molecular flexibility index (Phi) is 4.12. The predicted molar refractivity (Wildman–Crippen MR) is 70.2 cm³/mol. The molecule has 1 fully saturated rings. The number of hydrogen-bond acceptors (Lipinski definition) is 2. The Bertz CT molecular complexity index is 413. The molecular formula is C15H20FNO. The minimum atomic E-state index is -0.292. The summed E-state index contributed by atoms with van der Waals surface area (Å²) < 4.78 is 12.9. The van der Waals surface area contributed by atoms with Crippen molar-refractivity contribution < 1.29 is 9.18 Å². The standard InChI is InChI=1S/C15H20FNO/c1-17(2)14-6-4-3-5-13(14)15(18)11-7-9-12(16)10-8-11/h7-10,13-14H,3-6H2,1-2H3. The third-order valence-corrected chi connectivity index (χ3v) is 3.86. The Hall–Kier alpha value is -1.22. The lowest BCUT2D eigenvalue weighted by Crippen LogP contribution is -2.41. The molecule has 1 aromatic rings. The fourth-order valence-corrected chi connectivity index (χ4v) is 2.86. The van der Waals surface area contributed by atoms with Gasteiger partial charge >= 0.3 is 0 Å². The van der Waals surface area contributed by atoms with Crippen molar-refractivity contribution in [1.29, 1.82) is 0 Å². The quantitative estimate of drug-likeness (QED) is 0.767. The van der Waals surface area contributed by atoms with Crippen molar-refractivity contribution in [1.82, 2.24) is 4.90 Å². The fourth-order valence-electron chi connectivity index (χ4n) is 2.86. The summed E-state index contributed by atoms with van der Waals surface area (Å²) in [5.41, 5.74) is 0.634. The summed E-state index contributed by atoms with van der Waals surface area (Å²) in [5, 5.41) is 0. The average Bonchev–Trinajstić information content (AvgIpc) is 2.39. The zero-order valence-electron chi connectivity index (χ0n) is 11.0. The van der Waals surface area contributed by atoms with Gasteiger partial charge in [-0.05, 0) is 51.2 Å². The van der Waals surface area contributed by atoms with Crippen molar-refractivity contribution in [2.45, 2.75) is 31.7 Å². The molecule has 0 aromatic heterocycles. The second kappa shape index (κ2) is 5.61. The van der Waals surface area contributed by atoms with E-state index in [2.05, 4.69) is 4.90 Å². The molecule has 2 rings (SSSR count). The maximum atomic E-state index is 12.9. The van der Waals surface area contributed by atoms with Gasteiger partial charge in [0.25, 0.3) is 0 Å². The van der Waals surface area contributed by atoms with Crippen molar-refractivity contribution in [3.8, 4) is 0 Å². The highest BCUT2D eigenvalue weighted by molar-refractivity contribution is 5.98. The van der Waals surface area contributed by atoms with Crippen LogP contribution in [0.2, 0.25) is 0 Å². The van der Waals surface area contributed by atoms with Crippen LogP contribution in [-0.4, -0.2) is 30.8 Å². The summed E-state index contributed by atoms with van der Waals surface area (Å²) in [6.07, 6.45) is 4.32. The number of carbonyl (C=O) groups is 1. The first-order valence-corrected chi connectivity index (χ1v) is 6.56. The summed E-state index contributed by atoms with van der Waals surface area (Å²) in [7, 11) is 4.06. The van der Waals surface area contributed by atoms with Gasteiger partial charge in [-0.15, -0.1) is 0 Å². The highest BCUT2D eigenvalue weighted by Gasteiger charge is 2.32. The van der Waals surface area contributed by atoms with E-state index in [9.17, 15) is 9.18 Å². The van der Waals surface area contributed by atoms with E-state index in [1.54, 1.807) is 12.1 Å². The van der Waals surface area contributed by atoms with E-state index in [1.165, 1.54) is 18.6 Å². The predicted octanol–water partition coefficient (Wildman–Crippen LogP) is 3.13. The Labute approximate surface area is 108 Å². The topological polar surface area (TPSA) is 20.3 Å². The van der Waals surface area contributed by atoms with Crippen LogP contribution >= 0.6 is 0 Å².